The van der Waals surface area contributed by atoms with Crippen LogP contribution in [0.2, 0.25) is 0 Å². The van der Waals surface area contributed by atoms with E-state index in [4.69, 9.17) is 4.74 Å². The minimum atomic E-state index is -0.179. The second-order valence-electron chi connectivity index (χ2n) is 6.42. The number of nitrogens with zero attached hydrogens (tertiary/aromatic N) is 2. The number of amides is 2. The number of para-hydroxylation sites is 2. The lowest BCUT2D eigenvalue weighted by atomic mass is 10.3. The quantitative estimate of drug-likeness (QED) is 0.528. The van der Waals surface area contributed by atoms with Gasteiger partial charge in [-0.3, -0.25) is 9.59 Å². The third kappa shape index (κ3) is 5.58. The molecule has 1 aromatic heterocycles. The number of hydrogen-bond donors (Lipinski definition) is 2. The van der Waals surface area contributed by atoms with E-state index < -0.39 is 0 Å². The summed E-state index contributed by atoms with van der Waals surface area (Å²) in [6, 6.07) is 15.4. The van der Waals surface area contributed by atoms with Crippen molar-refractivity contribution in [2.45, 2.75) is 17.9 Å². The van der Waals surface area contributed by atoms with Crippen molar-refractivity contribution in [2.24, 2.45) is 0 Å². The second kappa shape index (κ2) is 10.1. The first-order valence-corrected chi connectivity index (χ1v) is 10.5. The van der Waals surface area contributed by atoms with Crippen molar-refractivity contribution >= 4 is 40.3 Å². The Hall–Kier alpha value is -2.84. The van der Waals surface area contributed by atoms with E-state index in [-0.39, 0.29) is 25.0 Å². The van der Waals surface area contributed by atoms with Gasteiger partial charge in [0.2, 0.25) is 11.8 Å². The highest BCUT2D eigenvalue weighted by molar-refractivity contribution is 7.98. The molecule has 0 saturated carbocycles. The number of hydrogen-bond acceptors (Lipinski definition) is 5. The van der Waals surface area contributed by atoms with Crippen LogP contribution in [0.3, 0.4) is 0 Å². The average molecular weight is 413 g/mol. The van der Waals surface area contributed by atoms with E-state index in [0.29, 0.717) is 13.0 Å². The molecule has 0 unspecified atom stereocenters. The summed E-state index contributed by atoms with van der Waals surface area (Å²) in [5.74, 6) is 0.439. The Balaban J connectivity index is 1.74. The van der Waals surface area contributed by atoms with Gasteiger partial charge in [0, 0.05) is 30.7 Å². The maximum Gasteiger partial charge on any atom is 0.245 e. The number of nitrogens with one attached hydrogen (secondary N) is 2. The molecule has 3 aromatic rings. The van der Waals surface area contributed by atoms with Crippen molar-refractivity contribution in [2.75, 3.05) is 31.8 Å². The van der Waals surface area contributed by atoms with Crippen molar-refractivity contribution in [1.82, 2.24) is 14.9 Å². The second-order valence-corrected chi connectivity index (χ2v) is 7.30. The molecule has 0 aliphatic heterocycles. The molecule has 0 saturated heterocycles. The first-order chi connectivity index (χ1) is 14.1. The molecule has 0 bridgehead atoms. The molecular weight excluding hydrogens is 388 g/mol. The van der Waals surface area contributed by atoms with Gasteiger partial charge in [0.05, 0.1) is 11.0 Å². The smallest absolute Gasteiger partial charge is 0.245 e. The summed E-state index contributed by atoms with van der Waals surface area (Å²) in [6.45, 7) is 0.586. The van der Waals surface area contributed by atoms with Crippen LogP contribution in [0, 0.1) is 0 Å². The number of thioether (sulfide) groups is 1. The summed E-state index contributed by atoms with van der Waals surface area (Å²) >= 11 is 1.62. The van der Waals surface area contributed by atoms with Crippen LogP contribution < -0.4 is 10.6 Å². The van der Waals surface area contributed by atoms with E-state index in [9.17, 15) is 9.59 Å². The normalized spacial score (nSPS) is 10.8. The molecule has 7 nitrogen and oxygen atoms in total. The minimum Gasteiger partial charge on any atom is -0.375 e. The molecule has 0 fully saturated rings. The molecule has 8 heteroatoms. The Morgan fingerprint density at radius 2 is 1.97 bits per heavy atom. The third-order valence-corrected chi connectivity index (χ3v) is 5.06. The molecule has 1 heterocycles. The van der Waals surface area contributed by atoms with Crippen LogP contribution >= 0.6 is 11.8 Å². The van der Waals surface area contributed by atoms with Gasteiger partial charge < -0.3 is 19.9 Å². The average Bonchev–Trinajstić information content (AvgIpc) is 3.05. The number of carbonyl (C=O) groups is 2. The summed E-state index contributed by atoms with van der Waals surface area (Å²) in [7, 11) is 1.48. The number of benzene rings is 2. The van der Waals surface area contributed by atoms with Crippen molar-refractivity contribution in [1.29, 1.82) is 0 Å². The van der Waals surface area contributed by atoms with Gasteiger partial charge in [0.25, 0.3) is 0 Å². The molecular formula is C21H24N4O3S. The van der Waals surface area contributed by atoms with Crippen LogP contribution in [-0.4, -0.2) is 47.9 Å². The monoisotopic (exact) mass is 412 g/mol. The van der Waals surface area contributed by atoms with E-state index in [1.807, 2.05) is 59.4 Å². The molecule has 2 N–H and O–H groups in total. The van der Waals surface area contributed by atoms with Gasteiger partial charge in [-0.15, -0.1) is 11.8 Å². The van der Waals surface area contributed by atoms with E-state index in [1.165, 1.54) is 7.11 Å². The summed E-state index contributed by atoms with van der Waals surface area (Å²) < 4.78 is 6.71. The number of methoxy groups -OCH3 is 1. The van der Waals surface area contributed by atoms with E-state index in [2.05, 4.69) is 15.6 Å². The Kier molecular flexibility index (Phi) is 7.26. The number of ether oxygens (including phenoxy) is 1. The molecule has 2 amide bonds. The maximum atomic E-state index is 12.7. The predicted octanol–water partition coefficient (Wildman–Crippen LogP) is 2.70. The van der Waals surface area contributed by atoms with Crippen LogP contribution in [-0.2, 0) is 27.3 Å². The van der Waals surface area contributed by atoms with Gasteiger partial charge in [-0.25, -0.2) is 4.98 Å². The Labute approximate surface area is 173 Å². The number of aromatic nitrogens is 2. The zero-order valence-corrected chi connectivity index (χ0v) is 17.3. The summed E-state index contributed by atoms with van der Waals surface area (Å²) in [6.07, 6.45) is 2.51. The minimum absolute atomic E-state index is 0.0218. The Morgan fingerprint density at radius 3 is 2.76 bits per heavy atom. The van der Waals surface area contributed by atoms with Gasteiger partial charge in [0.15, 0.2) is 0 Å². The number of carbonyl (C=O) groups excluding carboxylic acids is 2. The molecule has 0 spiro atoms. The van der Waals surface area contributed by atoms with Crippen LogP contribution in [0.1, 0.15) is 5.82 Å². The number of imidazole rings is 1. The lowest BCUT2D eigenvalue weighted by Gasteiger charge is -2.11. The maximum absolute atomic E-state index is 12.7. The zero-order valence-electron chi connectivity index (χ0n) is 16.5. The highest BCUT2D eigenvalue weighted by Gasteiger charge is 2.14. The van der Waals surface area contributed by atoms with Gasteiger partial charge >= 0.3 is 0 Å². The van der Waals surface area contributed by atoms with Crippen LogP contribution in [0.4, 0.5) is 5.69 Å². The largest absolute Gasteiger partial charge is 0.375 e. The highest BCUT2D eigenvalue weighted by Crippen LogP contribution is 2.20. The molecule has 0 aliphatic rings. The van der Waals surface area contributed by atoms with Gasteiger partial charge in [-0.2, -0.15) is 0 Å². The van der Waals surface area contributed by atoms with Crippen molar-refractivity contribution in [3.05, 3.63) is 54.4 Å². The fourth-order valence-corrected chi connectivity index (χ4v) is 3.49. The molecule has 29 heavy (non-hydrogen) atoms. The summed E-state index contributed by atoms with van der Waals surface area (Å²) in [4.78, 5) is 30.0. The first kappa shape index (κ1) is 20.9. The molecule has 152 valence electrons. The summed E-state index contributed by atoms with van der Waals surface area (Å²) in [5.41, 5.74) is 2.47. The van der Waals surface area contributed by atoms with Gasteiger partial charge in [0.1, 0.15) is 19.0 Å². The van der Waals surface area contributed by atoms with E-state index in [1.54, 1.807) is 11.8 Å². The molecule has 0 aliphatic carbocycles. The van der Waals surface area contributed by atoms with E-state index in [0.717, 1.165) is 27.4 Å². The van der Waals surface area contributed by atoms with Gasteiger partial charge in [-0.1, -0.05) is 18.2 Å². The lowest BCUT2D eigenvalue weighted by molar-refractivity contribution is -0.124. The highest BCUT2D eigenvalue weighted by atomic mass is 32.2. The Bertz CT molecular complexity index is 1000. The predicted molar refractivity (Wildman–Crippen MR) is 115 cm³/mol. The van der Waals surface area contributed by atoms with Crippen LogP contribution in [0.15, 0.2) is 53.4 Å². The zero-order chi connectivity index (χ0) is 20.6. The lowest BCUT2D eigenvalue weighted by Crippen LogP contribution is -2.30. The molecule has 2 aromatic carbocycles. The SMILES string of the molecule is COCC(=O)NCCc1nc2ccccc2n1CC(=O)Nc1cccc(SC)c1. The fourth-order valence-electron chi connectivity index (χ4n) is 3.03. The van der Waals surface area contributed by atoms with Crippen LogP contribution in [0.5, 0.6) is 0 Å². The fraction of sp³-hybridized carbons (Fsp3) is 0.286. The Morgan fingerprint density at radius 1 is 1.14 bits per heavy atom. The summed E-state index contributed by atoms with van der Waals surface area (Å²) in [5, 5.41) is 5.74. The number of rotatable bonds is 9. The first-order valence-electron chi connectivity index (χ1n) is 9.24. The van der Waals surface area contributed by atoms with Crippen LogP contribution in [0.25, 0.3) is 11.0 Å². The number of anilines is 1. The standard InChI is InChI=1S/C21H24N4O3S/c1-28-14-21(27)22-11-10-19-24-17-8-3-4-9-18(17)25(19)13-20(26)23-15-6-5-7-16(12-15)29-2/h3-9,12H,10-11,13-14H2,1-2H3,(H,22,27)(H,23,26). The van der Waals surface area contributed by atoms with Crippen molar-refractivity contribution in [3.63, 3.8) is 0 Å². The van der Waals surface area contributed by atoms with E-state index >= 15 is 0 Å². The van der Waals surface area contributed by atoms with Crippen molar-refractivity contribution in [3.8, 4) is 0 Å². The van der Waals surface area contributed by atoms with Crippen molar-refractivity contribution < 1.29 is 14.3 Å². The molecule has 0 radical (unpaired) electrons. The third-order valence-electron chi connectivity index (χ3n) is 4.34. The molecule has 0 atom stereocenters. The molecule has 3 rings (SSSR count). The van der Waals surface area contributed by atoms with Gasteiger partial charge in [-0.05, 0) is 36.6 Å². The topological polar surface area (TPSA) is 85.2 Å². The number of fused-ring (bicyclic) bond motifs is 1.